The van der Waals surface area contributed by atoms with Crippen LogP contribution in [0.2, 0.25) is 0 Å². The maximum absolute atomic E-state index is 12.1. The van der Waals surface area contributed by atoms with Crippen LogP contribution < -0.4 is 15.0 Å². The fourth-order valence-corrected chi connectivity index (χ4v) is 2.33. The Hall–Kier alpha value is -2.56. The second kappa shape index (κ2) is 8.91. The van der Waals surface area contributed by atoms with Gasteiger partial charge in [-0.1, -0.05) is 25.5 Å². The molecule has 0 atom stereocenters. The molecule has 0 saturated heterocycles. The minimum atomic E-state index is -0.0836. The number of pyridine rings is 1. The number of unbranched alkanes of at least 4 members (excludes halogenated alkanes) is 1. The molecule has 0 bridgehead atoms. The van der Waals surface area contributed by atoms with E-state index in [0.29, 0.717) is 12.2 Å². The van der Waals surface area contributed by atoms with E-state index in [1.165, 1.54) is 0 Å². The molecule has 2 aromatic rings. The molecule has 1 heterocycles. The van der Waals surface area contributed by atoms with Crippen LogP contribution in [0.3, 0.4) is 0 Å². The Morgan fingerprint density at radius 2 is 1.96 bits per heavy atom. The first-order valence-electron chi connectivity index (χ1n) is 8.22. The molecule has 0 spiro atoms. The smallest absolute Gasteiger partial charge is 0.229 e. The molecule has 1 aromatic heterocycles. The highest BCUT2D eigenvalue weighted by Crippen LogP contribution is 2.15. The number of nitrogens with one attached hydrogen (secondary N) is 1. The van der Waals surface area contributed by atoms with Crippen LogP contribution in [-0.2, 0) is 11.2 Å². The van der Waals surface area contributed by atoms with Gasteiger partial charge in [-0.25, -0.2) is 4.98 Å². The summed E-state index contributed by atoms with van der Waals surface area (Å²) in [6, 6.07) is 11.3. The van der Waals surface area contributed by atoms with Crippen LogP contribution in [0.1, 0.15) is 25.3 Å². The van der Waals surface area contributed by atoms with Gasteiger partial charge in [0, 0.05) is 13.6 Å². The standard InChI is InChI=1S/C19H25N3O2/c1-4-5-12-22(2)16-8-11-18(20-14-16)21-19(23)13-15-6-9-17(24-3)10-7-15/h6-11,14H,4-5,12-13H2,1-3H3,(H,20,21,23). The van der Waals surface area contributed by atoms with Crippen molar-refractivity contribution in [1.82, 2.24) is 4.98 Å². The average molecular weight is 327 g/mol. The van der Waals surface area contributed by atoms with Gasteiger partial charge in [0.15, 0.2) is 0 Å². The van der Waals surface area contributed by atoms with Crippen molar-refractivity contribution >= 4 is 17.4 Å². The zero-order valence-electron chi connectivity index (χ0n) is 14.6. The van der Waals surface area contributed by atoms with Crippen LogP contribution in [-0.4, -0.2) is 31.6 Å². The Bertz CT molecular complexity index is 639. The van der Waals surface area contributed by atoms with Gasteiger partial charge in [0.25, 0.3) is 0 Å². The molecule has 5 heteroatoms. The summed E-state index contributed by atoms with van der Waals surface area (Å²) >= 11 is 0. The number of ether oxygens (including phenoxy) is 1. The lowest BCUT2D eigenvalue weighted by atomic mass is 10.1. The fourth-order valence-electron chi connectivity index (χ4n) is 2.33. The lowest BCUT2D eigenvalue weighted by molar-refractivity contribution is -0.115. The molecule has 1 aromatic carbocycles. The first-order chi connectivity index (χ1) is 11.6. The van der Waals surface area contributed by atoms with Gasteiger partial charge in [0.2, 0.25) is 5.91 Å². The number of carbonyl (C=O) groups excluding carboxylic acids is 1. The van der Waals surface area contributed by atoms with Crippen LogP contribution in [0.15, 0.2) is 42.6 Å². The monoisotopic (exact) mass is 327 g/mol. The molecular formula is C19H25N3O2. The molecule has 1 amide bonds. The van der Waals surface area contributed by atoms with Crippen LogP contribution in [0.5, 0.6) is 5.75 Å². The lowest BCUT2D eigenvalue weighted by Crippen LogP contribution is -2.19. The molecule has 0 radical (unpaired) electrons. The van der Waals surface area contributed by atoms with Crippen molar-refractivity contribution in [2.45, 2.75) is 26.2 Å². The molecule has 5 nitrogen and oxygen atoms in total. The van der Waals surface area contributed by atoms with E-state index in [2.05, 4.69) is 29.2 Å². The van der Waals surface area contributed by atoms with Gasteiger partial charge in [-0.15, -0.1) is 0 Å². The van der Waals surface area contributed by atoms with Crippen molar-refractivity contribution in [1.29, 1.82) is 0 Å². The number of hydrogen-bond donors (Lipinski definition) is 1. The highest BCUT2D eigenvalue weighted by atomic mass is 16.5. The number of hydrogen-bond acceptors (Lipinski definition) is 4. The number of benzene rings is 1. The largest absolute Gasteiger partial charge is 0.497 e. The molecule has 0 aliphatic carbocycles. The molecular weight excluding hydrogens is 302 g/mol. The minimum absolute atomic E-state index is 0.0836. The van der Waals surface area contributed by atoms with Crippen molar-refractivity contribution < 1.29 is 9.53 Å². The highest BCUT2D eigenvalue weighted by molar-refractivity contribution is 5.91. The maximum Gasteiger partial charge on any atom is 0.229 e. The van der Waals surface area contributed by atoms with Crippen molar-refractivity contribution in [2.75, 3.05) is 30.9 Å². The zero-order chi connectivity index (χ0) is 17.4. The fraction of sp³-hybridized carbons (Fsp3) is 0.368. The summed E-state index contributed by atoms with van der Waals surface area (Å²) in [4.78, 5) is 18.6. The molecule has 0 fully saturated rings. The van der Waals surface area contributed by atoms with E-state index < -0.39 is 0 Å². The molecule has 0 aliphatic rings. The van der Waals surface area contributed by atoms with Gasteiger partial charge in [-0.2, -0.15) is 0 Å². The topological polar surface area (TPSA) is 54.5 Å². The Labute approximate surface area is 143 Å². The summed E-state index contributed by atoms with van der Waals surface area (Å²) in [6.45, 7) is 3.18. The third-order valence-electron chi connectivity index (χ3n) is 3.83. The Balaban J connectivity index is 1.89. The van der Waals surface area contributed by atoms with Crippen molar-refractivity contribution in [3.8, 4) is 5.75 Å². The first kappa shape index (κ1) is 17.8. The van der Waals surface area contributed by atoms with E-state index in [4.69, 9.17) is 4.74 Å². The lowest BCUT2D eigenvalue weighted by Gasteiger charge is -2.18. The minimum Gasteiger partial charge on any atom is -0.497 e. The number of anilines is 2. The van der Waals surface area contributed by atoms with Crippen LogP contribution >= 0.6 is 0 Å². The Morgan fingerprint density at radius 3 is 2.54 bits per heavy atom. The maximum atomic E-state index is 12.1. The van der Waals surface area contributed by atoms with Gasteiger partial charge < -0.3 is 15.0 Å². The van der Waals surface area contributed by atoms with Gasteiger partial charge in [0.05, 0.1) is 25.4 Å². The van der Waals surface area contributed by atoms with E-state index in [1.54, 1.807) is 13.3 Å². The van der Waals surface area contributed by atoms with Crippen molar-refractivity contribution in [3.05, 3.63) is 48.2 Å². The van der Waals surface area contributed by atoms with Crippen LogP contribution in [0, 0.1) is 0 Å². The normalized spacial score (nSPS) is 10.3. The quantitative estimate of drug-likeness (QED) is 0.806. The number of carbonyl (C=O) groups is 1. The number of methoxy groups -OCH3 is 1. The molecule has 0 saturated carbocycles. The average Bonchev–Trinajstić information content (AvgIpc) is 2.61. The van der Waals surface area contributed by atoms with E-state index in [-0.39, 0.29) is 5.91 Å². The van der Waals surface area contributed by atoms with Crippen molar-refractivity contribution in [3.63, 3.8) is 0 Å². The molecule has 0 aliphatic heterocycles. The third-order valence-corrected chi connectivity index (χ3v) is 3.83. The Morgan fingerprint density at radius 1 is 1.21 bits per heavy atom. The molecule has 24 heavy (non-hydrogen) atoms. The van der Waals surface area contributed by atoms with E-state index in [9.17, 15) is 4.79 Å². The molecule has 1 N–H and O–H groups in total. The summed E-state index contributed by atoms with van der Waals surface area (Å²) in [7, 11) is 3.67. The second-order valence-corrected chi connectivity index (χ2v) is 5.75. The van der Waals surface area contributed by atoms with E-state index >= 15 is 0 Å². The Kier molecular flexibility index (Phi) is 6.61. The van der Waals surface area contributed by atoms with Gasteiger partial charge in [-0.05, 0) is 36.2 Å². The highest BCUT2D eigenvalue weighted by Gasteiger charge is 2.06. The zero-order valence-corrected chi connectivity index (χ0v) is 14.6. The summed E-state index contributed by atoms with van der Waals surface area (Å²) < 4.78 is 5.11. The second-order valence-electron chi connectivity index (χ2n) is 5.75. The van der Waals surface area contributed by atoms with E-state index in [1.807, 2.05) is 36.4 Å². The predicted molar refractivity (Wildman–Crippen MR) is 97.7 cm³/mol. The molecule has 0 unspecified atom stereocenters. The van der Waals surface area contributed by atoms with Crippen molar-refractivity contribution in [2.24, 2.45) is 0 Å². The van der Waals surface area contributed by atoms with Gasteiger partial charge >= 0.3 is 0 Å². The van der Waals surface area contributed by atoms with Crippen LogP contribution in [0.25, 0.3) is 0 Å². The number of amides is 1. The summed E-state index contributed by atoms with van der Waals surface area (Å²) in [5.74, 6) is 1.27. The summed E-state index contributed by atoms with van der Waals surface area (Å²) in [5, 5.41) is 2.83. The third kappa shape index (κ3) is 5.26. The summed E-state index contributed by atoms with van der Waals surface area (Å²) in [6.07, 6.45) is 4.41. The molecule has 2 rings (SSSR count). The number of aromatic nitrogens is 1. The predicted octanol–water partition coefficient (Wildman–Crippen LogP) is 3.51. The first-order valence-corrected chi connectivity index (χ1v) is 8.22. The number of nitrogens with zero attached hydrogens (tertiary/aromatic N) is 2. The molecule has 128 valence electrons. The van der Waals surface area contributed by atoms with Gasteiger partial charge in [0.1, 0.15) is 11.6 Å². The van der Waals surface area contributed by atoms with Crippen LogP contribution in [0.4, 0.5) is 11.5 Å². The SMILES string of the molecule is CCCCN(C)c1ccc(NC(=O)Cc2ccc(OC)cc2)nc1. The number of rotatable bonds is 8. The van der Waals surface area contributed by atoms with Gasteiger partial charge in [-0.3, -0.25) is 4.79 Å². The summed E-state index contributed by atoms with van der Waals surface area (Å²) in [5.41, 5.74) is 1.99. The van der Waals surface area contributed by atoms with E-state index in [0.717, 1.165) is 36.4 Å².